The summed E-state index contributed by atoms with van der Waals surface area (Å²) in [6.07, 6.45) is 0. The second kappa shape index (κ2) is 5.91. The maximum atomic E-state index is 11.7. The van der Waals surface area contributed by atoms with Crippen LogP contribution in [0.3, 0.4) is 0 Å². The topological polar surface area (TPSA) is 17.1 Å². The van der Waals surface area contributed by atoms with E-state index in [4.69, 9.17) is 0 Å². The van der Waals surface area contributed by atoms with E-state index in [-0.39, 0.29) is 16.7 Å². The maximum Gasteiger partial charge on any atom is 0.180 e. The third-order valence-electron chi connectivity index (χ3n) is 3.84. The van der Waals surface area contributed by atoms with Crippen molar-refractivity contribution in [2.24, 2.45) is 0 Å². The number of carbonyl (C=O) groups is 1. The normalized spacial score (nSPS) is 15.6. The van der Waals surface area contributed by atoms with Gasteiger partial charge in [0.05, 0.1) is 9.79 Å². The SMILES string of the molecule is CC(=O)c1ccc2c(c1)Sc1ccccc1[S+]2c1ccccc1. The number of rotatable bonds is 2. The highest BCUT2D eigenvalue weighted by Gasteiger charge is 2.37. The van der Waals surface area contributed by atoms with Gasteiger partial charge in [0.15, 0.2) is 20.5 Å². The highest BCUT2D eigenvalue weighted by Crippen LogP contribution is 2.48. The Morgan fingerprint density at radius 1 is 0.826 bits per heavy atom. The summed E-state index contributed by atoms with van der Waals surface area (Å²) in [7, 11) is -0.112. The van der Waals surface area contributed by atoms with Crippen molar-refractivity contribution in [2.75, 3.05) is 0 Å². The second-order valence-electron chi connectivity index (χ2n) is 5.39. The van der Waals surface area contributed by atoms with Crippen molar-refractivity contribution in [3.05, 3.63) is 78.4 Å². The molecule has 0 aliphatic carbocycles. The van der Waals surface area contributed by atoms with Crippen molar-refractivity contribution in [1.82, 2.24) is 0 Å². The molecule has 112 valence electrons. The lowest BCUT2D eigenvalue weighted by molar-refractivity contribution is 0.101. The van der Waals surface area contributed by atoms with E-state index in [9.17, 15) is 4.79 Å². The van der Waals surface area contributed by atoms with Crippen molar-refractivity contribution in [2.45, 2.75) is 31.4 Å². The minimum absolute atomic E-state index is 0.112. The fourth-order valence-electron chi connectivity index (χ4n) is 2.73. The minimum atomic E-state index is -0.112. The van der Waals surface area contributed by atoms with Crippen LogP contribution in [0.2, 0.25) is 0 Å². The van der Waals surface area contributed by atoms with Crippen molar-refractivity contribution >= 4 is 28.4 Å². The van der Waals surface area contributed by atoms with Crippen LogP contribution in [0.4, 0.5) is 0 Å². The molecule has 1 unspecified atom stereocenters. The first-order valence-electron chi connectivity index (χ1n) is 7.45. The molecule has 23 heavy (non-hydrogen) atoms. The Hall–Kier alpha value is -1.97. The third-order valence-corrected chi connectivity index (χ3v) is 7.57. The summed E-state index contributed by atoms with van der Waals surface area (Å²) in [6.45, 7) is 1.63. The number of benzene rings is 3. The van der Waals surface area contributed by atoms with Crippen LogP contribution in [0.1, 0.15) is 17.3 Å². The van der Waals surface area contributed by atoms with Gasteiger partial charge in [-0.15, -0.1) is 0 Å². The Morgan fingerprint density at radius 3 is 2.30 bits per heavy atom. The molecule has 0 N–H and O–H groups in total. The van der Waals surface area contributed by atoms with Gasteiger partial charge in [-0.3, -0.25) is 4.79 Å². The predicted molar refractivity (Wildman–Crippen MR) is 95.6 cm³/mol. The zero-order valence-corrected chi connectivity index (χ0v) is 14.3. The first kappa shape index (κ1) is 14.6. The molecule has 0 spiro atoms. The summed E-state index contributed by atoms with van der Waals surface area (Å²) in [4.78, 5) is 18.2. The van der Waals surface area contributed by atoms with E-state index in [1.54, 1.807) is 18.7 Å². The molecule has 1 nitrogen and oxygen atoms in total. The Labute approximate surface area is 143 Å². The number of carbonyl (C=O) groups excluding carboxylic acids is 1. The van der Waals surface area contributed by atoms with Gasteiger partial charge in [-0.1, -0.05) is 42.1 Å². The van der Waals surface area contributed by atoms with Gasteiger partial charge in [0, 0.05) is 5.56 Å². The van der Waals surface area contributed by atoms with E-state index < -0.39 is 0 Å². The summed E-state index contributed by atoms with van der Waals surface area (Å²) in [5.74, 6) is 0.117. The molecule has 3 heteroatoms. The standard InChI is InChI=1S/C20H15OS2/c1-14(21)15-11-12-20-18(13-15)22-17-9-5-6-10-19(17)23(20)16-7-3-2-4-8-16/h2-13H,1H3/q+1. The van der Waals surface area contributed by atoms with E-state index in [2.05, 4.69) is 60.7 Å². The summed E-state index contributed by atoms with van der Waals surface area (Å²) in [6, 6.07) is 25.3. The van der Waals surface area contributed by atoms with Gasteiger partial charge in [-0.2, -0.15) is 0 Å². The monoisotopic (exact) mass is 335 g/mol. The molecule has 4 rings (SSSR count). The molecule has 0 aromatic heterocycles. The maximum absolute atomic E-state index is 11.7. The van der Waals surface area contributed by atoms with Crippen molar-refractivity contribution in [3.63, 3.8) is 0 Å². The fourth-order valence-corrected chi connectivity index (χ4v) is 6.50. The van der Waals surface area contributed by atoms with Gasteiger partial charge in [0.1, 0.15) is 10.9 Å². The predicted octanol–water partition coefficient (Wildman–Crippen LogP) is 5.45. The largest absolute Gasteiger partial charge is 0.295 e. The molecule has 1 heterocycles. The number of hydrogen-bond acceptors (Lipinski definition) is 2. The zero-order valence-electron chi connectivity index (χ0n) is 12.7. The molecule has 0 radical (unpaired) electrons. The van der Waals surface area contributed by atoms with Crippen LogP contribution in [-0.2, 0) is 10.9 Å². The van der Waals surface area contributed by atoms with Crippen molar-refractivity contribution in [3.8, 4) is 0 Å². The van der Waals surface area contributed by atoms with Gasteiger partial charge >= 0.3 is 0 Å². The lowest BCUT2D eigenvalue weighted by atomic mass is 10.1. The Kier molecular flexibility index (Phi) is 3.76. The first-order chi connectivity index (χ1) is 11.2. The van der Waals surface area contributed by atoms with E-state index in [0.29, 0.717) is 0 Å². The number of Topliss-reactive ketones (excluding diaryl/α,β-unsaturated/α-hetero) is 1. The fraction of sp³-hybridized carbons (Fsp3) is 0.0500. The molecule has 3 aromatic rings. The number of ketones is 1. The summed E-state index contributed by atoms with van der Waals surface area (Å²) in [5.41, 5.74) is 0.784. The van der Waals surface area contributed by atoms with E-state index >= 15 is 0 Å². The van der Waals surface area contributed by atoms with Crippen LogP contribution in [0.15, 0.2) is 97.3 Å². The Morgan fingerprint density at radius 2 is 1.52 bits per heavy atom. The molecule has 0 saturated heterocycles. The summed E-state index contributed by atoms with van der Waals surface area (Å²) in [5, 5.41) is 0. The van der Waals surface area contributed by atoms with Gasteiger partial charge in [0.25, 0.3) is 0 Å². The highest BCUT2D eigenvalue weighted by atomic mass is 32.2. The van der Waals surface area contributed by atoms with Crippen LogP contribution in [0.25, 0.3) is 0 Å². The van der Waals surface area contributed by atoms with Crippen LogP contribution < -0.4 is 0 Å². The lowest BCUT2D eigenvalue weighted by Crippen LogP contribution is -2.11. The molecule has 0 amide bonds. The molecule has 1 aliphatic heterocycles. The molecule has 1 aliphatic rings. The van der Waals surface area contributed by atoms with Crippen LogP contribution in [0.5, 0.6) is 0 Å². The van der Waals surface area contributed by atoms with Gasteiger partial charge in [-0.05, 0) is 49.4 Å². The highest BCUT2D eigenvalue weighted by molar-refractivity contribution is 8.04. The quantitative estimate of drug-likeness (QED) is 0.358. The van der Waals surface area contributed by atoms with Crippen molar-refractivity contribution < 1.29 is 4.79 Å². The number of fused-ring (bicyclic) bond motifs is 2. The first-order valence-corrected chi connectivity index (χ1v) is 9.49. The molecule has 3 aromatic carbocycles. The summed E-state index contributed by atoms with van der Waals surface area (Å²) >= 11 is 1.77. The molecule has 0 saturated carbocycles. The third kappa shape index (κ3) is 2.60. The molecular weight excluding hydrogens is 320 g/mol. The zero-order chi connectivity index (χ0) is 15.8. The van der Waals surface area contributed by atoms with Gasteiger partial charge in [-0.25, -0.2) is 0 Å². The van der Waals surface area contributed by atoms with E-state index in [0.717, 1.165) is 5.56 Å². The lowest BCUT2D eigenvalue weighted by Gasteiger charge is -2.19. The molecular formula is C20H15OS2+. The average Bonchev–Trinajstić information content (AvgIpc) is 2.59. The smallest absolute Gasteiger partial charge is 0.180 e. The van der Waals surface area contributed by atoms with E-state index in [1.807, 2.05) is 12.1 Å². The molecule has 0 fully saturated rings. The van der Waals surface area contributed by atoms with Gasteiger partial charge in [0.2, 0.25) is 0 Å². The second-order valence-corrected chi connectivity index (χ2v) is 8.43. The van der Waals surface area contributed by atoms with Crippen molar-refractivity contribution in [1.29, 1.82) is 0 Å². The van der Waals surface area contributed by atoms with Crippen LogP contribution in [-0.4, -0.2) is 5.78 Å². The van der Waals surface area contributed by atoms with Crippen LogP contribution >= 0.6 is 11.8 Å². The Bertz CT molecular complexity index is 887. The molecule has 0 bridgehead atoms. The van der Waals surface area contributed by atoms with Gasteiger partial charge < -0.3 is 0 Å². The average molecular weight is 335 g/mol. The minimum Gasteiger partial charge on any atom is -0.295 e. The molecule has 1 atom stereocenters. The Balaban J connectivity index is 1.94. The van der Waals surface area contributed by atoms with E-state index in [1.165, 1.54) is 24.5 Å². The number of hydrogen-bond donors (Lipinski definition) is 0. The van der Waals surface area contributed by atoms with Crippen LogP contribution in [0, 0.1) is 0 Å². The summed E-state index contributed by atoms with van der Waals surface area (Å²) < 4.78 is 0.